The molecule has 10 heteroatoms. The van der Waals surface area contributed by atoms with Gasteiger partial charge in [-0.1, -0.05) is 62.4 Å². The molecule has 0 unspecified atom stereocenters. The van der Waals surface area contributed by atoms with Crippen LogP contribution in [0.4, 0.5) is 0 Å². The van der Waals surface area contributed by atoms with Crippen molar-refractivity contribution < 1.29 is 28.5 Å². The summed E-state index contributed by atoms with van der Waals surface area (Å²) in [6, 6.07) is 20.2. The van der Waals surface area contributed by atoms with E-state index in [0.29, 0.717) is 51.1 Å². The number of allylic oxidation sites excluding steroid dienone is 1. The smallest absolute Gasteiger partial charge is 0.338 e. The summed E-state index contributed by atoms with van der Waals surface area (Å²) in [5, 5.41) is 0. The molecule has 5 rings (SSSR count). The Morgan fingerprint density at radius 2 is 1.60 bits per heavy atom. The number of benzene rings is 3. The third kappa shape index (κ3) is 7.44. The summed E-state index contributed by atoms with van der Waals surface area (Å²) < 4.78 is 30.2. The molecule has 0 radical (unpaired) electrons. The molecular weight excluding hydrogens is 616 g/mol. The lowest BCUT2D eigenvalue weighted by Gasteiger charge is -2.24. The first-order chi connectivity index (χ1) is 22.5. The average molecular weight is 657 g/mol. The van der Waals surface area contributed by atoms with Crippen molar-refractivity contribution in [2.75, 3.05) is 34.0 Å². The molecule has 1 aliphatic heterocycles. The molecule has 1 atom stereocenters. The van der Waals surface area contributed by atoms with Gasteiger partial charge in [-0.25, -0.2) is 9.79 Å². The summed E-state index contributed by atoms with van der Waals surface area (Å²) >= 11 is 1.26. The van der Waals surface area contributed by atoms with Crippen LogP contribution < -0.4 is 33.8 Å². The highest BCUT2D eigenvalue weighted by atomic mass is 32.1. The van der Waals surface area contributed by atoms with Crippen LogP contribution in [-0.4, -0.2) is 44.6 Å². The molecule has 0 saturated carbocycles. The number of methoxy groups -OCH3 is 2. The van der Waals surface area contributed by atoms with Crippen molar-refractivity contribution >= 4 is 23.4 Å². The molecule has 0 spiro atoms. The number of ether oxygens (including phenoxy) is 5. The number of carbonyl (C=O) groups is 1. The predicted molar refractivity (Wildman–Crippen MR) is 183 cm³/mol. The van der Waals surface area contributed by atoms with Gasteiger partial charge in [-0.15, -0.1) is 0 Å². The van der Waals surface area contributed by atoms with Crippen LogP contribution in [0.25, 0.3) is 6.08 Å². The molecule has 0 N–H and O–H groups in total. The normalized spacial score (nSPS) is 14.7. The molecule has 0 fully saturated rings. The molecule has 0 saturated heterocycles. The van der Waals surface area contributed by atoms with Gasteiger partial charge >= 0.3 is 5.97 Å². The second-order valence-corrected chi connectivity index (χ2v) is 13.0. The second-order valence-electron chi connectivity index (χ2n) is 12.0. The standard InChI is InChI=1S/C37H40N2O7S/c1-8-44-35(41)32-23(2)38-36-39(33(32)25-10-14-27(42-6)15-11-25)34(40)31(47-36)22-24-9-18-29(30(21-24)43-7)46-20-19-45-28-16-12-26(13-17-28)37(3,4)5/h9-18,21-22,33H,8,19-20H2,1-7H3/b31-22+/t33-/m0/s1. The summed E-state index contributed by atoms with van der Waals surface area (Å²) in [5.41, 5.74) is 3.37. The number of fused-ring (bicyclic) bond motifs is 1. The molecule has 3 aromatic carbocycles. The summed E-state index contributed by atoms with van der Waals surface area (Å²) in [6.07, 6.45) is 1.79. The zero-order chi connectivity index (χ0) is 33.7. The monoisotopic (exact) mass is 656 g/mol. The Hall–Kier alpha value is -4.83. The van der Waals surface area contributed by atoms with Crippen molar-refractivity contribution in [2.24, 2.45) is 4.99 Å². The van der Waals surface area contributed by atoms with Crippen molar-refractivity contribution in [3.8, 4) is 23.0 Å². The molecule has 246 valence electrons. The topological polar surface area (TPSA) is 97.6 Å². The fourth-order valence-electron chi connectivity index (χ4n) is 5.30. The van der Waals surface area contributed by atoms with E-state index in [1.165, 1.54) is 16.9 Å². The minimum Gasteiger partial charge on any atom is -0.497 e. The lowest BCUT2D eigenvalue weighted by atomic mass is 9.87. The van der Waals surface area contributed by atoms with E-state index in [1.807, 2.05) is 42.5 Å². The molecule has 9 nitrogen and oxygen atoms in total. The molecule has 1 aliphatic rings. The maximum atomic E-state index is 14.0. The van der Waals surface area contributed by atoms with Crippen LogP contribution in [-0.2, 0) is 14.9 Å². The summed E-state index contributed by atoms with van der Waals surface area (Å²) in [6.45, 7) is 10.9. The Morgan fingerprint density at radius 1 is 0.915 bits per heavy atom. The highest BCUT2D eigenvalue weighted by Gasteiger charge is 2.33. The van der Waals surface area contributed by atoms with Crippen LogP contribution in [0.2, 0.25) is 0 Å². The number of nitrogens with zero attached hydrogens (tertiary/aromatic N) is 2. The van der Waals surface area contributed by atoms with Crippen molar-refractivity contribution in [3.05, 3.63) is 114 Å². The van der Waals surface area contributed by atoms with E-state index in [-0.39, 0.29) is 17.6 Å². The number of hydrogen-bond donors (Lipinski definition) is 0. The van der Waals surface area contributed by atoms with E-state index < -0.39 is 12.0 Å². The molecule has 0 aliphatic carbocycles. The maximum Gasteiger partial charge on any atom is 0.338 e. The van der Waals surface area contributed by atoms with Gasteiger partial charge in [-0.3, -0.25) is 9.36 Å². The minimum absolute atomic E-state index is 0.0810. The molecule has 4 aromatic rings. The van der Waals surface area contributed by atoms with Gasteiger partial charge in [0, 0.05) is 0 Å². The molecule has 0 bridgehead atoms. The van der Waals surface area contributed by atoms with Crippen LogP contribution >= 0.6 is 11.3 Å². The van der Waals surface area contributed by atoms with Crippen LogP contribution in [0.3, 0.4) is 0 Å². The number of esters is 1. The highest BCUT2D eigenvalue weighted by molar-refractivity contribution is 7.07. The third-order valence-corrected chi connectivity index (χ3v) is 8.75. The molecule has 1 aromatic heterocycles. The van der Waals surface area contributed by atoms with E-state index in [0.717, 1.165) is 16.9 Å². The predicted octanol–water partition coefficient (Wildman–Crippen LogP) is 5.57. The fourth-order valence-corrected chi connectivity index (χ4v) is 6.35. The van der Waals surface area contributed by atoms with Crippen molar-refractivity contribution in [1.29, 1.82) is 0 Å². The van der Waals surface area contributed by atoms with Crippen molar-refractivity contribution in [2.45, 2.75) is 46.1 Å². The maximum absolute atomic E-state index is 14.0. The second kappa shape index (κ2) is 14.3. The van der Waals surface area contributed by atoms with Gasteiger partial charge < -0.3 is 23.7 Å². The Labute approximate surface area is 278 Å². The Kier molecular flexibility index (Phi) is 10.2. The minimum atomic E-state index is -0.706. The number of thiazole rings is 1. The molecule has 2 heterocycles. The summed E-state index contributed by atoms with van der Waals surface area (Å²) in [5.74, 6) is 2.03. The van der Waals surface area contributed by atoms with Gasteiger partial charge in [0.15, 0.2) is 16.3 Å². The number of carbonyl (C=O) groups excluding carboxylic acids is 1. The summed E-state index contributed by atoms with van der Waals surface area (Å²) in [7, 11) is 3.16. The SMILES string of the molecule is CCOC(=O)C1=C(C)N=c2s/c(=C/c3ccc(OCCOc4ccc(C(C)(C)C)cc4)c(OC)c3)c(=O)n2[C@H]1c1ccc(OC)cc1. The van der Waals surface area contributed by atoms with Crippen LogP contribution in [0.1, 0.15) is 57.4 Å². The van der Waals surface area contributed by atoms with Crippen LogP contribution in [0, 0.1) is 0 Å². The van der Waals surface area contributed by atoms with E-state index in [1.54, 1.807) is 50.8 Å². The van der Waals surface area contributed by atoms with Gasteiger partial charge in [0.2, 0.25) is 0 Å². The fraction of sp³-hybridized carbons (Fsp3) is 0.324. The molecular formula is C37H40N2O7S. The van der Waals surface area contributed by atoms with Crippen LogP contribution in [0.15, 0.2) is 87.8 Å². The zero-order valence-electron chi connectivity index (χ0n) is 27.8. The van der Waals surface area contributed by atoms with Gasteiger partial charge in [0.05, 0.1) is 42.7 Å². The lowest BCUT2D eigenvalue weighted by Crippen LogP contribution is -2.39. The van der Waals surface area contributed by atoms with Crippen molar-refractivity contribution in [3.63, 3.8) is 0 Å². The number of rotatable bonds is 11. The number of aromatic nitrogens is 1. The number of hydrogen-bond acceptors (Lipinski definition) is 9. The Bertz CT molecular complexity index is 1950. The van der Waals surface area contributed by atoms with Gasteiger partial charge in [0.25, 0.3) is 5.56 Å². The highest BCUT2D eigenvalue weighted by Crippen LogP contribution is 2.32. The van der Waals surface area contributed by atoms with Gasteiger partial charge in [-0.2, -0.15) is 0 Å². The van der Waals surface area contributed by atoms with Crippen molar-refractivity contribution in [1.82, 2.24) is 4.57 Å². The van der Waals surface area contributed by atoms with E-state index in [9.17, 15) is 9.59 Å². The largest absolute Gasteiger partial charge is 0.497 e. The van der Waals surface area contributed by atoms with Gasteiger partial charge in [-0.05, 0) is 78.4 Å². The quantitative estimate of drug-likeness (QED) is 0.154. The summed E-state index contributed by atoms with van der Waals surface area (Å²) in [4.78, 5) is 32.2. The first-order valence-corrected chi connectivity index (χ1v) is 16.2. The van der Waals surface area contributed by atoms with E-state index in [2.05, 4.69) is 37.9 Å². The zero-order valence-corrected chi connectivity index (χ0v) is 28.6. The molecule has 47 heavy (non-hydrogen) atoms. The van der Waals surface area contributed by atoms with E-state index in [4.69, 9.17) is 23.7 Å². The van der Waals surface area contributed by atoms with E-state index >= 15 is 0 Å². The Morgan fingerprint density at radius 3 is 2.23 bits per heavy atom. The van der Waals surface area contributed by atoms with Gasteiger partial charge in [0.1, 0.15) is 24.7 Å². The lowest BCUT2D eigenvalue weighted by molar-refractivity contribution is -0.139. The molecule has 0 amide bonds. The average Bonchev–Trinajstić information content (AvgIpc) is 3.36. The first-order valence-electron chi connectivity index (χ1n) is 15.4. The Balaban J connectivity index is 1.39. The van der Waals surface area contributed by atoms with Crippen LogP contribution in [0.5, 0.6) is 23.0 Å². The third-order valence-electron chi connectivity index (χ3n) is 7.76. The first kappa shape index (κ1) is 33.5.